The molecule has 11 aromatic rings. The first-order chi connectivity index (χ1) is 24.8. The van der Waals surface area contributed by atoms with Crippen LogP contribution in [0.25, 0.3) is 108 Å². The largest absolute Gasteiger partial charge is 0.0616 e. The molecule has 0 amide bonds. The summed E-state index contributed by atoms with van der Waals surface area (Å²) in [5.74, 6) is 0. The Labute approximate surface area is 289 Å². The van der Waals surface area contributed by atoms with Gasteiger partial charge >= 0.3 is 0 Å². The summed E-state index contributed by atoms with van der Waals surface area (Å²) < 4.78 is 0. The third-order valence-corrected chi connectivity index (χ3v) is 11.0. The van der Waals surface area contributed by atoms with Crippen LogP contribution in [0.1, 0.15) is 0 Å². The minimum atomic E-state index is 1.24. The maximum Gasteiger partial charge on any atom is -0.00141 e. The second-order valence-corrected chi connectivity index (χ2v) is 13.6. The van der Waals surface area contributed by atoms with E-state index in [1.165, 1.54) is 108 Å². The van der Waals surface area contributed by atoms with Crippen molar-refractivity contribution < 1.29 is 0 Å². The van der Waals surface area contributed by atoms with Gasteiger partial charge in [0, 0.05) is 0 Å². The number of benzene rings is 11. The van der Waals surface area contributed by atoms with Gasteiger partial charge in [-0.2, -0.15) is 0 Å². The lowest BCUT2D eigenvalue weighted by atomic mass is 9.81. The monoisotopic (exact) mass is 630 g/mol. The maximum atomic E-state index is 2.43. The molecule has 0 N–H and O–H groups in total. The normalized spacial score (nSPS) is 12.0. The Kier molecular flexibility index (Phi) is 5.76. The molecule has 0 spiro atoms. The molecule has 50 heavy (non-hydrogen) atoms. The fourth-order valence-corrected chi connectivity index (χ4v) is 8.69. The van der Waals surface area contributed by atoms with Crippen LogP contribution in [-0.2, 0) is 0 Å². The van der Waals surface area contributed by atoms with E-state index in [1.807, 2.05) is 0 Å². The molecule has 0 nitrogen and oxygen atoms in total. The van der Waals surface area contributed by atoms with E-state index in [1.54, 1.807) is 0 Å². The van der Waals surface area contributed by atoms with Gasteiger partial charge in [0.25, 0.3) is 0 Å². The lowest BCUT2D eigenvalue weighted by molar-refractivity contribution is 1.70. The molecule has 0 heterocycles. The van der Waals surface area contributed by atoms with Crippen LogP contribution in [0.5, 0.6) is 0 Å². The van der Waals surface area contributed by atoms with E-state index in [2.05, 4.69) is 182 Å². The maximum absolute atomic E-state index is 2.43. The van der Waals surface area contributed by atoms with Crippen LogP contribution in [0.2, 0.25) is 0 Å². The van der Waals surface area contributed by atoms with E-state index in [9.17, 15) is 0 Å². The van der Waals surface area contributed by atoms with Gasteiger partial charge in [-0.1, -0.05) is 170 Å². The van der Waals surface area contributed by atoms with Crippen LogP contribution < -0.4 is 0 Å². The summed E-state index contributed by atoms with van der Waals surface area (Å²) in [4.78, 5) is 0. The van der Waals surface area contributed by atoms with Crippen molar-refractivity contribution in [2.24, 2.45) is 0 Å². The highest BCUT2D eigenvalue weighted by Gasteiger charge is 2.21. The van der Waals surface area contributed by atoms with Crippen LogP contribution in [0.4, 0.5) is 0 Å². The molecule has 0 atom stereocenters. The standard InChI is InChI=1S/C50H30/c1-5-13-39-31(9-1)19-21-36-29-37(25-26-41(36)39)47-44-27-23-34-12-4-8-16-43(34)50(44)48(45-28-24-33-11-3-7-15-42(33)49(45)47)38-22-20-35-18-17-32-10-2-6-14-40(32)46(35)30-38/h1-30H. The van der Waals surface area contributed by atoms with Crippen LogP contribution in [0.15, 0.2) is 182 Å². The van der Waals surface area contributed by atoms with Gasteiger partial charge in [-0.15, -0.1) is 0 Å². The predicted octanol–water partition coefficient (Wildman–Crippen LogP) is 14.2. The Morgan fingerprint density at radius 3 is 1.12 bits per heavy atom. The quantitative estimate of drug-likeness (QED) is 0.132. The molecule has 0 aliphatic heterocycles. The summed E-state index contributed by atoms with van der Waals surface area (Å²) in [6, 6.07) is 67.8. The Hall–Kier alpha value is -6.50. The van der Waals surface area contributed by atoms with E-state index in [-0.39, 0.29) is 0 Å². The van der Waals surface area contributed by atoms with E-state index in [0.29, 0.717) is 0 Å². The number of fused-ring (bicyclic) bond motifs is 12. The van der Waals surface area contributed by atoms with Crippen LogP contribution in [-0.4, -0.2) is 0 Å². The van der Waals surface area contributed by atoms with Gasteiger partial charge in [0.2, 0.25) is 0 Å². The predicted molar refractivity (Wildman–Crippen MR) is 217 cm³/mol. The molecule has 0 fully saturated rings. The summed E-state index contributed by atoms with van der Waals surface area (Å²) in [5, 5.41) is 20.4. The van der Waals surface area contributed by atoms with E-state index >= 15 is 0 Å². The molecular formula is C50H30. The molecule has 230 valence electrons. The number of hydrogen-bond acceptors (Lipinski definition) is 0. The van der Waals surface area contributed by atoms with Crippen molar-refractivity contribution in [1.29, 1.82) is 0 Å². The van der Waals surface area contributed by atoms with Gasteiger partial charge in [-0.3, -0.25) is 0 Å². The van der Waals surface area contributed by atoms with Crippen molar-refractivity contribution in [1.82, 2.24) is 0 Å². The van der Waals surface area contributed by atoms with Crippen molar-refractivity contribution in [3.63, 3.8) is 0 Å². The van der Waals surface area contributed by atoms with Crippen LogP contribution in [0, 0.1) is 0 Å². The highest BCUT2D eigenvalue weighted by molar-refractivity contribution is 6.32. The number of hydrogen-bond donors (Lipinski definition) is 0. The minimum absolute atomic E-state index is 1.24. The zero-order valence-electron chi connectivity index (χ0n) is 27.3. The topological polar surface area (TPSA) is 0 Å². The third-order valence-electron chi connectivity index (χ3n) is 11.0. The summed E-state index contributed by atoms with van der Waals surface area (Å²) in [6.07, 6.45) is 0. The molecule has 0 aliphatic carbocycles. The van der Waals surface area contributed by atoms with Gasteiger partial charge in [-0.05, 0) is 121 Å². The Balaban J connectivity index is 1.34. The first-order valence-corrected chi connectivity index (χ1v) is 17.4. The van der Waals surface area contributed by atoms with Gasteiger partial charge in [0.05, 0.1) is 0 Å². The highest BCUT2D eigenvalue weighted by Crippen LogP contribution is 2.49. The molecule has 0 saturated carbocycles. The lowest BCUT2D eigenvalue weighted by Crippen LogP contribution is -1.94. The van der Waals surface area contributed by atoms with Gasteiger partial charge in [-0.25, -0.2) is 0 Å². The smallest absolute Gasteiger partial charge is 0.00141 e. The molecular weight excluding hydrogens is 601 g/mol. The lowest BCUT2D eigenvalue weighted by Gasteiger charge is -2.21. The molecule has 0 unspecified atom stereocenters. The van der Waals surface area contributed by atoms with Crippen molar-refractivity contribution in [3.05, 3.63) is 182 Å². The molecule has 0 heteroatoms. The summed E-state index contributed by atoms with van der Waals surface area (Å²) in [6.45, 7) is 0. The zero-order chi connectivity index (χ0) is 32.8. The number of rotatable bonds is 2. The third kappa shape index (κ3) is 3.94. The Morgan fingerprint density at radius 2 is 0.540 bits per heavy atom. The van der Waals surface area contributed by atoms with Crippen LogP contribution in [0.3, 0.4) is 0 Å². The molecule has 0 radical (unpaired) electrons. The van der Waals surface area contributed by atoms with Crippen molar-refractivity contribution in [3.8, 4) is 22.3 Å². The molecule has 11 aromatic carbocycles. The van der Waals surface area contributed by atoms with Crippen molar-refractivity contribution in [2.75, 3.05) is 0 Å². The summed E-state index contributed by atoms with van der Waals surface area (Å²) in [7, 11) is 0. The highest BCUT2D eigenvalue weighted by atomic mass is 14.2. The van der Waals surface area contributed by atoms with E-state index in [0.717, 1.165) is 0 Å². The summed E-state index contributed by atoms with van der Waals surface area (Å²) in [5.41, 5.74) is 5.07. The van der Waals surface area contributed by atoms with Crippen molar-refractivity contribution in [2.45, 2.75) is 0 Å². The molecule has 0 aromatic heterocycles. The molecule has 0 bridgehead atoms. The average Bonchev–Trinajstić information content (AvgIpc) is 3.19. The van der Waals surface area contributed by atoms with E-state index in [4.69, 9.17) is 0 Å². The second-order valence-electron chi connectivity index (χ2n) is 13.6. The molecule has 11 rings (SSSR count). The second kappa shape index (κ2) is 10.5. The van der Waals surface area contributed by atoms with Crippen molar-refractivity contribution >= 4 is 86.2 Å². The average molecular weight is 631 g/mol. The fraction of sp³-hybridized carbons (Fsp3) is 0. The van der Waals surface area contributed by atoms with E-state index < -0.39 is 0 Å². The Morgan fingerprint density at radius 1 is 0.200 bits per heavy atom. The fourth-order valence-electron chi connectivity index (χ4n) is 8.69. The zero-order valence-corrected chi connectivity index (χ0v) is 27.3. The minimum Gasteiger partial charge on any atom is -0.0616 e. The van der Waals surface area contributed by atoms with Gasteiger partial charge in [0.1, 0.15) is 0 Å². The first kappa shape index (κ1) is 27.5. The van der Waals surface area contributed by atoms with Gasteiger partial charge in [0.15, 0.2) is 0 Å². The Bertz CT molecular complexity index is 3200. The van der Waals surface area contributed by atoms with Crippen LogP contribution >= 0.6 is 0 Å². The summed E-state index contributed by atoms with van der Waals surface area (Å²) >= 11 is 0. The molecule has 0 saturated heterocycles. The first-order valence-electron chi connectivity index (χ1n) is 17.4. The SMILES string of the molecule is c1ccc2c(c1)ccc1cc(-c3c4ccc5ccccc5c4c(-c4ccc5ccc6ccccc6c5c4)c4ccc5ccccc5c34)ccc12. The van der Waals surface area contributed by atoms with Gasteiger partial charge < -0.3 is 0 Å². The molecule has 0 aliphatic rings.